The summed E-state index contributed by atoms with van der Waals surface area (Å²) in [6.07, 6.45) is 1.53. The van der Waals surface area contributed by atoms with E-state index in [9.17, 15) is 33.6 Å². The van der Waals surface area contributed by atoms with Gasteiger partial charge in [-0.1, -0.05) is 0 Å². The maximum absolute atomic E-state index is 12.4. The van der Waals surface area contributed by atoms with Crippen molar-refractivity contribution in [2.45, 2.75) is 0 Å². The molecule has 0 heterocycles. The predicted octanol–water partition coefficient (Wildman–Crippen LogP) is -3.64. The van der Waals surface area contributed by atoms with Crippen LogP contribution in [0, 0.1) is 0 Å². The molecule has 0 saturated heterocycles. The number of rotatable bonds is 13. The molecule has 0 aromatic rings. The summed E-state index contributed by atoms with van der Waals surface area (Å²) in [5.41, 5.74) is 0. The van der Waals surface area contributed by atoms with Crippen molar-refractivity contribution in [1.29, 1.82) is 0 Å². The summed E-state index contributed by atoms with van der Waals surface area (Å²) in [5.74, 6) is -3.89. The molecule has 198 valence electrons. The third-order valence-electron chi connectivity index (χ3n) is 4.52. The molecule has 6 amide bonds. The maximum atomic E-state index is 12.4. The topological polar surface area (TPSA) is 159 Å². The van der Waals surface area contributed by atoms with Crippen LogP contribution in [0.5, 0.6) is 0 Å². The average Bonchev–Trinajstić information content (AvgIpc) is 2.72. The van der Waals surface area contributed by atoms with Crippen molar-refractivity contribution in [3.8, 4) is 0 Å². The number of likely N-dealkylation sites (N-methyl/N-ethyl adjacent to an activating group) is 6. The van der Waals surface area contributed by atoms with Gasteiger partial charge in [0.25, 0.3) is 0 Å². The molecule has 0 saturated carbocycles. The normalized spacial score (nSPS) is 9.71. The molecule has 0 rings (SSSR count). The van der Waals surface area contributed by atoms with Crippen molar-refractivity contribution in [3.05, 3.63) is 0 Å². The van der Waals surface area contributed by atoms with Crippen molar-refractivity contribution in [1.82, 2.24) is 29.4 Å². The van der Waals surface area contributed by atoms with E-state index in [1.165, 1.54) is 48.7 Å². The van der Waals surface area contributed by atoms with Crippen molar-refractivity contribution in [3.63, 3.8) is 0 Å². The Labute approximate surface area is 192 Å². The van der Waals surface area contributed by atoms with Crippen molar-refractivity contribution in [2.75, 3.05) is 81.6 Å². The Kier molecular flexibility index (Phi) is 13.3. The molecule has 0 aromatic carbocycles. The number of hydrogen-bond donors (Lipinski definition) is 1. The molecule has 0 spiro atoms. The molecule has 0 aliphatic carbocycles. The molecule has 34 heavy (non-hydrogen) atoms. The van der Waals surface area contributed by atoms with Crippen molar-refractivity contribution in [2.24, 2.45) is 0 Å². The number of carbonyl (C=O) groups is 6. The Morgan fingerprint density at radius 3 is 1.00 bits per heavy atom. The van der Waals surface area contributed by atoms with E-state index < -0.39 is 42.0 Å². The molecule has 0 fully saturated rings. The zero-order valence-corrected chi connectivity index (χ0v) is 22.4. The van der Waals surface area contributed by atoms with Crippen LogP contribution < -0.4 is 0 Å². The Balaban J connectivity index is 0. The summed E-state index contributed by atoms with van der Waals surface area (Å²) in [6.45, 7) is -2.14. The maximum Gasteiger partial charge on any atom is 0.323 e. The summed E-state index contributed by atoms with van der Waals surface area (Å²) < 4.78 is 0. The first kappa shape index (κ1) is 31.5. The van der Waals surface area contributed by atoms with Crippen LogP contribution in [0.2, 0.25) is 0 Å². The van der Waals surface area contributed by atoms with Gasteiger partial charge < -0.3 is 39.3 Å². The minimum absolute atomic E-state index is 0. The third-order valence-corrected chi connectivity index (χ3v) is 4.52. The quantitative estimate of drug-likeness (QED) is 0.150. The van der Waals surface area contributed by atoms with Gasteiger partial charge in [-0.05, 0) is 7.05 Å². The Bertz CT molecular complexity index is 780. The van der Waals surface area contributed by atoms with Crippen LogP contribution in [-0.4, -0.2) is 158 Å². The van der Waals surface area contributed by atoms with Crippen LogP contribution in [0.25, 0.3) is 0 Å². The molecule has 0 atom stereocenters. The van der Waals surface area contributed by atoms with Gasteiger partial charge in [-0.3, -0.25) is 28.8 Å². The first-order chi connectivity index (χ1) is 15.2. The van der Waals surface area contributed by atoms with E-state index in [2.05, 4.69) is 0 Å². The summed E-state index contributed by atoms with van der Waals surface area (Å²) in [6, 6.07) is 0. The van der Waals surface area contributed by atoms with Gasteiger partial charge in [0.05, 0.1) is 32.7 Å². The van der Waals surface area contributed by atoms with Gasteiger partial charge in [-0.15, -0.1) is 0 Å². The van der Waals surface area contributed by atoms with E-state index in [4.69, 9.17) is 5.11 Å². The van der Waals surface area contributed by atoms with E-state index >= 15 is 0 Å². The van der Waals surface area contributed by atoms with Gasteiger partial charge in [0.1, 0.15) is 6.54 Å². The van der Waals surface area contributed by atoms with E-state index in [0.29, 0.717) is 0 Å². The second-order valence-corrected chi connectivity index (χ2v) is 7.59. The van der Waals surface area contributed by atoms with Crippen LogP contribution in [0.4, 0.5) is 0 Å². The number of hydrogen-bond acceptors (Lipinski definition) is 7. The van der Waals surface area contributed by atoms with Gasteiger partial charge in [-0.2, -0.15) is 6.41 Å². The summed E-state index contributed by atoms with van der Waals surface area (Å²) >= 11 is 0. The minimum atomic E-state index is -1.19. The molecule has 15 heteroatoms. The van der Waals surface area contributed by atoms with E-state index in [1.807, 2.05) is 0 Å². The molecule has 1 N–H and O–H groups in total. The predicted molar refractivity (Wildman–Crippen MR) is 114 cm³/mol. The molecular formula is C19H31FmN6O8-. The average molecular weight is 728 g/mol. The first-order valence-corrected chi connectivity index (χ1v) is 9.70. The monoisotopic (exact) mass is 728 g/mol. The summed E-state index contributed by atoms with van der Waals surface area (Å²) in [5, 5.41) is 8.71. The van der Waals surface area contributed by atoms with Crippen LogP contribution in [-0.2, 0) is 33.6 Å². The van der Waals surface area contributed by atoms with Crippen LogP contribution >= 0.6 is 0 Å². The number of carboxylic acid groups (broad SMARTS) is 1. The fourth-order valence-corrected chi connectivity index (χ4v) is 2.29. The number of carboxylic acids is 1. The summed E-state index contributed by atoms with van der Waals surface area (Å²) in [4.78, 5) is 88.2. The van der Waals surface area contributed by atoms with E-state index in [0.717, 1.165) is 29.4 Å². The van der Waals surface area contributed by atoms with Gasteiger partial charge in [0, 0.05) is 35.2 Å². The molecule has 0 unspecified atom stereocenters. The smallest absolute Gasteiger partial charge is 0.323 e. The number of carbonyl (C=O) groups excluding carboxylic acids is 6. The van der Waals surface area contributed by atoms with Crippen LogP contribution in [0.1, 0.15) is 0 Å². The zero-order chi connectivity index (χ0) is 25.9. The zero-order valence-electron chi connectivity index (χ0n) is 20.0. The molecule has 14 nitrogen and oxygen atoms in total. The standard InChI is InChI=1S/C19H31N6O8.Fm/c1-20(13-26)7-14(27)21(2)8-15(28)22(3)9-16(29)23(4)10-17(30)24(5)11-18(31)25(6)12-19(32)33;/h7-12H2,1-6H3,(H,32,33);/q-1;. The fraction of sp³-hybridized carbons (Fsp3) is 0.632. The Morgan fingerprint density at radius 2 is 0.765 bits per heavy atom. The second-order valence-electron chi connectivity index (χ2n) is 7.59. The molecule has 0 bridgehead atoms. The van der Waals surface area contributed by atoms with Gasteiger partial charge in [0.15, 0.2) is 0 Å². The van der Waals surface area contributed by atoms with Gasteiger partial charge in [-0.25, -0.2) is 0 Å². The Hall–Kier alpha value is -4.71. The number of aliphatic carboxylic acids is 1. The third kappa shape index (κ3) is 11.1. The van der Waals surface area contributed by atoms with Gasteiger partial charge >= 0.3 is 5.97 Å². The van der Waals surface area contributed by atoms with Gasteiger partial charge in [0.2, 0.25) is 29.5 Å². The minimum Gasteiger partial charge on any atom is -0.520 e. The second kappa shape index (κ2) is 14.4. The van der Waals surface area contributed by atoms with Crippen LogP contribution in [0.15, 0.2) is 0 Å². The Morgan fingerprint density at radius 1 is 0.529 bits per heavy atom. The molecular weight excluding hydrogens is 697 g/mol. The molecule has 0 aliphatic rings. The van der Waals surface area contributed by atoms with Crippen LogP contribution in [0.3, 0.4) is 0 Å². The number of nitrogens with zero attached hydrogens (tertiary/aromatic N) is 6. The van der Waals surface area contributed by atoms with E-state index in [-0.39, 0.29) is 32.7 Å². The molecule has 0 aliphatic heterocycles. The SMILES string of the molecule is CN([C-]=O)CC(=O)N(C)CC(=O)N(C)CC(=O)N(C)CC(=O)N(C)CC(=O)N(C)CC(=O)O.[Fm]. The largest absolute Gasteiger partial charge is 0.520 e. The first-order valence-electron chi connectivity index (χ1n) is 9.70. The van der Waals surface area contributed by atoms with Crippen molar-refractivity contribution < 1.29 is 38.7 Å². The number of amides is 6. The van der Waals surface area contributed by atoms with E-state index in [1.54, 1.807) is 0 Å². The van der Waals surface area contributed by atoms with Crippen molar-refractivity contribution >= 4 is 41.9 Å². The molecule has 0 radical (unpaired) electrons. The summed E-state index contributed by atoms with van der Waals surface area (Å²) in [7, 11) is 8.10. The molecule has 0 aromatic heterocycles. The fourth-order valence-electron chi connectivity index (χ4n) is 2.29.